The molecule has 0 unspecified atom stereocenters. The lowest BCUT2D eigenvalue weighted by atomic mass is 10.1. The number of nitrogens with zero attached hydrogens (tertiary/aromatic N) is 4. The molecular formula is C23H41N5O6. The molecule has 1 saturated heterocycles. The van der Waals surface area contributed by atoms with Crippen molar-refractivity contribution in [2.75, 3.05) is 51.3 Å². The number of ether oxygens (including phenoxy) is 1. The summed E-state index contributed by atoms with van der Waals surface area (Å²) in [6.07, 6.45) is -0.599. The van der Waals surface area contributed by atoms with Crippen LogP contribution in [0.25, 0.3) is 0 Å². The lowest BCUT2D eigenvalue weighted by Gasteiger charge is -2.32. The molecule has 194 valence electrons. The molecule has 2 rings (SSSR count). The van der Waals surface area contributed by atoms with Gasteiger partial charge in [0.1, 0.15) is 18.3 Å². The monoisotopic (exact) mass is 483 g/mol. The molecule has 3 atom stereocenters. The molecule has 11 heteroatoms. The van der Waals surface area contributed by atoms with Gasteiger partial charge < -0.3 is 30.3 Å². The highest BCUT2D eigenvalue weighted by atomic mass is 16.5. The van der Waals surface area contributed by atoms with Gasteiger partial charge in [-0.1, -0.05) is 13.8 Å². The Balaban J connectivity index is 2.10. The van der Waals surface area contributed by atoms with Crippen molar-refractivity contribution in [1.82, 2.24) is 19.6 Å². The molecular weight excluding hydrogens is 442 g/mol. The second-order valence-electron chi connectivity index (χ2n) is 9.44. The van der Waals surface area contributed by atoms with Crippen LogP contribution in [0.2, 0.25) is 0 Å². The molecule has 34 heavy (non-hydrogen) atoms. The van der Waals surface area contributed by atoms with Crippen LogP contribution in [0.4, 0.5) is 5.69 Å². The van der Waals surface area contributed by atoms with Crippen LogP contribution in [-0.2, 0) is 21.4 Å². The number of amides is 2. The van der Waals surface area contributed by atoms with Crippen LogP contribution in [0.3, 0.4) is 0 Å². The van der Waals surface area contributed by atoms with Crippen molar-refractivity contribution in [1.29, 1.82) is 0 Å². The van der Waals surface area contributed by atoms with E-state index in [9.17, 15) is 24.9 Å². The van der Waals surface area contributed by atoms with Crippen LogP contribution < -0.4 is 5.32 Å². The maximum absolute atomic E-state index is 12.8. The van der Waals surface area contributed by atoms with Gasteiger partial charge in [0.25, 0.3) is 0 Å². The summed E-state index contributed by atoms with van der Waals surface area (Å²) in [5.74, 6) is -0.187. The van der Waals surface area contributed by atoms with E-state index in [0.717, 1.165) is 12.1 Å². The predicted octanol–water partition coefficient (Wildman–Crippen LogP) is -0.263. The van der Waals surface area contributed by atoms with Gasteiger partial charge in [-0.25, -0.2) is 0 Å². The summed E-state index contributed by atoms with van der Waals surface area (Å²) in [4.78, 5) is 29.0. The van der Waals surface area contributed by atoms with Crippen molar-refractivity contribution >= 4 is 17.5 Å². The van der Waals surface area contributed by atoms with Crippen molar-refractivity contribution in [3.8, 4) is 0 Å². The van der Waals surface area contributed by atoms with Crippen LogP contribution >= 0.6 is 0 Å². The Labute approximate surface area is 201 Å². The fraction of sp³-hybridized carbons (Fsp3) is 0.783. The third kappa shape index (κ3) is 8.95. The quantitative estimate of drug-likeness (QED) is 0.449. The van der Waals surface area contributed by atoms with Gasteiger partial charge in [-0.3, -0.25) is 19.2 Å². The van der Waals surface area contributed by atoms with E-state index in [2.05, 4.69) is 10.4 Å². The maximum atomic E-state index is 12.8. The number of hydrogen-bond donors (Lipinski definition) is 4. The molecule has 1 aliphatic rings. The van der Waals surface area contributed by atoms with E-state index in [0.29, 0.717) is 44.8 Å². The molecule has 0 spiro atoms. The van der Waals surface area contributed by atoms with Gasteiger partial charge in [0.05, 0.1) is 30.7 Å². The van der Waals surface area contributed by atoms with Crippen LogP contribution in [-0.4, -0.2) is 111 Å². The van der Waals surface area contributed by atoms with Gasteiger partial charge in [0.15, 0.2) is 0 Å². The highest BCUT2D eigenvalue weighted by Gasteiger charge is 2.29. The fourth-order valence-electron chi connectivity index (χ4n) is 3.77. The first-order valence-corrected chi connectivity index (χ1v) is 12.0. The zero-order chi connectivity index (χ0) is 25.3. The number of carbonyl (C=O) groups is 2. The molecule has 0 aromatic carbocycles. The second-order valence-corrected chi connectivity index (χ2v) is 9.44. The summed E-state index contributed by atoms with van der Waals surface area (Å²) in [6.45, 7) is 7.42. The minimum Gasteiger partial charge on any atom is -0.388 e. The number of anilines is 1. The van der Waals surface area contributed by atoms with Gasteiger partial charge in [0, 0.05) is 39.7 Å². The Kier molecular flexibility index (Phi) is 11.4. The van der Waals surface area contributed by atoms with Crippen LogP contribution in [0.1, 0.15) is 38.8 Å². The lowest BCUT2D eigenvalue weighted by Crippen LogP contribution is -2.50. The Morgan fingerprint density at radius 3 is 2.56 bits per heavy atom. The number of hydrogen-bond acceptors (Lipinski definition) is 8. The molecule has 1 aromatic rings. The molecule has 11 nitrogen and oxygen atoms in total. The minimum absolute atomic E-state index is 0.102. The maximum Gasteiger partial charge on any atom is 0.238 e. The number of carbonyl (C=O) groups excluding carboxylic acids is 2. The van der Waals surface area contributed by atoms with E-state index in [4.69, 9.17) is 4.74 Å². The second kappa shape index (κ2) is 13.7. The Hall–Kier alpha value is -2.05. The Morgan fingerprint density at radius 1 is 1.18 bits per heavy atom. The summed E-state index contributed by atoms with van der Waals surface area (Å²) >= 11 is 0. The van der Waals surface area contributed by atoms with Crippen LogP contribution in [0.5, 0.6) is 0 Å². The summed E-state index contributed by atoms with van der Waals surface area (Å²) < 4.78 is 7.13. The van der Waals surface area contributed by atoms with Crippen molar-refractivity contribution in [3.63, 3.8) is 0 Å². The zero-order valence-electron chi connectivity index (χ0n) is 20.8. The number of nitrogens with one attached hydrogen (secondary N) is 1. The third-order valence-corrected chi connectivity index (χ3v) is 6.00. The Bertz CT molecular complexity index is 786. The number of rotatable bonds is 5. The summed E-state index contributed by atoms with van der Waals surface area (Å²) in [6, 6.07) is 0. The van der Waals surface area contributed by atoms with Gasteiger partial charge in [-0.2, -0.15) is 5.10 Å². The average molecular weight is 484 g/mol. The standard InChI is InChI=1S/C23H41N5O6/c1-16(2)11-22(32)28-9-8-27(14-21(31)25-18-12-24-26(4)17(18)3)7-5-6-10-34-15-20(30)23(33)19(29)13-28/h12,16,19-20,23,29-30,33H,5-11,13-15H2,1-4H3,(H,25,31)/t19-,20+,23+/m0/s1. The normalized spacial score (nSPS) is 24.1. The minimum atomic E-state index is -1.43. The van der Waals surface area contributed by atoms with Crippen molar-refractivity contribution in [3.05, 3.63) is 11.9 Å². The van der Waals surface area contributed by atoms with Gasteiger partial charge in [-0.15, -0.1) is 0 Å². The summed E-state index contributed by atoms with van der Waals surface area (Å²) in [5.41, 5.74) is 1.51. The SMILES string of the molecule is Cc1c(NC(=O)CN2CCCCOC[C@@H](O)[C@H](O)[C@@H](O)CN(C(=O)CC(C)C)CC2)cnn1C. The largest absolute Gasteiger partial charge is 0.388 e. The molecule has 1 fully saturated rings. The molecule has 2 amide bonds. The number of β-amino-alcohol motifs (C(OH)–C–C–N with tert-alkyl or cyclic N) is 1. The zero-order valence-corrected chi connectivity index (χ0v) is 20.8. The number of aliphatic hydroxyl groups is 3. The topological polar surface area (TPSA) is 140 Å². The number of aromatic nitrogens is 2. The first-order valence-electron chi connectivity index (χ1n) is 12.0. The summed E-state index contributed by atoms with van der Waals surface area (Å²) in [7, 11) is 1.81. The predicted molar refractivity (Wildman–Crippen MR) is 127 cm³/mol. The lowest BCUT2D eigenvalue weighted by molar-refractivity contribution is -0.137. The van der Waals surface area contributed by atoms with E-state index in [-0.39, 0.29) is 37.4 Å². The van der Waals surface area contributed by atoms with E-state index < -0.39 is 18.3 Å². The fourth-order valence-corrected chi connectivity index (χ4v) is 3.77. The molecule has 4 N–H and O–H groups in total. The van der Waals surface area contributed by atoms with Gasteiger partial charge in [-0.05, 0) is 32.2 Å². The first kappa shape index (κ1) is 28.2. The molecule has 0 saturated carbocycles. The number of aliphatic hydroxyl groups excluding tert-OH is 3. The van der Waals surface area contributed by atoms with Crippen molar-refractivity contribution in [2.24, 2.45) is 13.0 Å². The summed E-state index contributed by atoms with van der Waals surface area (Å²) in [5, 5.41) is 37.9. The van der Waals surface area contributed by atoms with E-state index >= 15 is 0 Å². The van der Waals surface area contributed by atoms with Gasteiger partial charge >= 0.3 is 0 Å². The number of aryl methyl sites for hydroxylation is 1. The van der Waals surface area contributed by atoms with E-state index in [1.807, 2.05) is 25.7 Å². The Morgan fingerprint density at radius 2 is 1.91 bits per heavy atom. The molecule has 1 aliphatic heterocycles. The van der Waals surface area contributed by atoms with Crippen LogP contribution in [0.15, 0.2) is 6.20 Å². The van der Waals surface area contributed by atoms with Crippen molar-refractivity contribution in [2.45, 2.75) is 58.3 Å². The molecule has 0 aliphatic carbocycles. The van der Waals surface area contributed by atoms with E-state index in [1.165, 1.54) is 4.90 Å². The van der Waals surface area contributed by atoms with Gasteiger partial charge in [0.2, 0.25) is 11.8 Å². The molecule has 0 bridgehead atoms. The third-order valence-electron chi connectivity index (χ3n) is 6.00. The van der Waals surface area contributed by atoms with Crippen molar-refractivity contribution < 1.29 is 29.6 Å². The smallest absolute Gasteiger partial charge is 0.238 e. The first-order chi connectivity index (χ1) is 16.1. The highest BCUT2D eigenvalue weighted by Crippen LogP contribution is 2.13. The van der Waals surface area contributed by atoms with Crippen LogP contribution in [0, 0.1) is 12.8 Å². The average Bonchev–Trinajstić information content (AvgIpc) is 3.08. The van der Waals surface area contributed by atoms with E-state index in [1.54, 1.807) is 17.9 Å². The highest BCUT2D eigenvalue weighted by molar-refractivity contribution is 5.92. The molecule has 1 aromatic heterocycles. The molecule has 0 radical (unpaired) electrons. The molecule has 2 heterocycles.